The van der Waals surface area contributed by atoms with Crippen molar-refractivity contribution in [2.75, 3.05) is 18.2 Å². The number of nitrogen functional groups attached to an aromatic ring is 1. The molecule has 1 amide bonds. The van der Waals surface area contributed by atoms with Crippen molar-refractivity contribution in [1.82, 2.24) is 0 Å². The van der Waals surface area contributed by atoms with Gasteiger partial charge < -0.3 is 15.8 Å². The molecule has 0 saturated heterocycles. The Hall–Kier alpha value is -1.72. The number of nitrogens with two attached hydrogens (primary N) is 1. The predicted octanol–water partition coefficient (Wildman–Crippen LogP) is 3.95. The first kappa shape index (κ1) is 14.7. The summed E-state index contributed by atoms with van der Waals surface area (Å²) in [6, 6.07) is 10.1. The Labute approximate surface area is 130 Å². The van der Waals surface area contributed by atoms with Crippen molar-refractivity contribution < 1.29 is 9.53 Å². The molecule has 104 valence electrons. The van der Waals surface area contributed by atoms with Crippen LogP contribution >= 0.6 is 27.5 Å². The Bertz CT molecular complexity index is 662. The van der Waals surface area contributed by atoms with E-state index < -0.39 is 0 Å². The number of carbonyl (C=O) groups excluding carboxylic acids is 1. The van der Waals surface area contributed by atoms with E-state index in [1.165, 1.54) is 0 Å². The number of rotatable bonds is 3. The van der Waals surface area contributed by atoms with E-state index in [1.807, 2.05) is 0 Å². The molecular weight excluding hydrogens is 344 g/mol. The molecule has 0 aliphatic rings. The van der Waals surface area contributed by atoms with Gasteiger partial charge in [0.15, 0.2) is 0 Å². The molecule has 6 heteroatoms. The van der Waals surface area contributed by atoms with E-state index in [1.54, 1.807) is 43.5 Å². The first-order valence-corrected chi connectivity index (χ1v) is 6.88. The minimum absolute atomic E-state index is 0.326. The molecule has 2 aromatic carbocycles. The third-order valence-electron chi connectivity index (χ3n) is 2.68. The number of benzene rings is 2. The van der Waals surface area contributed by atoms with Crippen LogP contribution in [0.5, 0.6) is 5.75 Å². The Balaban J connectivity index is 2.25. The molecule has 0 spiro atoms. The maximum Gasteiger partial charge on any atom is 0.257 e. The van der Waals surface area contributed by atoms with Crippen LogP contribution < -0.4 is 15.8 Å². The van der Waals surface area contributed by atoms with Crippen LogP contribution in [0.15, 0.2) is 40.9 Å². The van der Waals surface area contributed by atoms with Crippen molar-refractivity contribution in [2.45, 2.75) is 0 Å². The number of carbonyl (C=O) groups is 1. The van der Waals surface area contributed by atoms with E-state index in [0.29, 0.717) is 27.7 Å². The van der Waals surface area contributed by atoms with Gasteiger partial charge in [-0.25, -0.2) is 0 Å². The summed E-state index contributed by atoms with van der Waals surface area (Å²) in [4.78, 5) is 12.2. The number of ether oxygens (including phenoxy) is 1. The van der Waals surface area contributed by atoms with Crippen molar-refractivity contribution in [3.63, 3.8) is 0 Å². The molecule has 0 atom stereocenters. The Morgan fingerprint density at radius 2 is 2.05 bits per heavy atom. The van der Waals surface area contributed by atoms with Gasteiger partial charge in [0.2, 0.25) is 0 Å². The summed E-state index contributed by atoms with van der Waals surface area (Å²) in [6.07, 6.45) is 0. The number of amides is 1. The standard InChI is InChI=1S/C14H12BrClN2O2/c1-20-9-3-5-13(12(17)7-9)18-14(19)10-6-8(15)2-4-11(10)16/h2-7H,17H2,1H3,(H,18,19). The summed E-state index contributed by atoms with van der Waals surface area (Å²) in [5.41, 5.74) is 7.15. The summed E-state index contributed by atoms with van der Waals surface area (Å²) in [5.74, 6) is 0.300. The van der Waals surface area contributed by atoms with E-state index >= 15 is 0 Å². The smallest absolute Gasteiger partial charge is 0.257 e. The van der Waals surface area contributed by atoms with Gasteiger partial charge in [0.1, 0.15) is 5.75 Å². The molecule has 0 saturated carbocycles. The summed E-state index contributed by atoms with van der Waals surface area (Å²) < 4.78 is 5.83. The van der Waals surface area contributed by atoms with Crippen LogP contribution in [-0.2, 0) is 0 Å². The molecule has 0 bridgehead atoms. The van der Waals surface area contributed by atoms with Gasteiger partial charge in [-0.3, -0.25) is 4.79 Å². The maximum atomic E-state index is 12.2. The molecule has 20 heavy (non-hydrogen) atoms. The van der Waals surface area contributed by atoms with Crippen LogP contribution in [0, 0.1) is 0 Å². The first-order chi connectivity index (χ1) is 9.51. The highest BCUT2D eigenvalue weighted by Gasteiger charge is 2.12. The molecule has 0 radical (unpaired) electrons. The lowest BCUT2D eigenvalue weighted by Gasteiger charge is -2.10. The molecule has 0 fully saturated rings. The quantitative estimate of drug-likeness (QED) is 0.820. The number of anilines is 2. The van der Waals surface area contributed by atoms with Crippen LogP contribution in [0.1, 0.15) is 10.4 Å². The van der Waals surface area contributed by atoms with Gasteiger partial charge in [0.05, 0.1) is 29.1 Å². The predicted molar refractivity (Wildman–Crippen MR) is 84.5 cm³/mol. The monoisotopic (exact) mass is 354 g/mol. The third-order valence-corrected chi connectivity index (χ3v) is 3.50. The Morgan fingerprint density at radius 1 is 1.30 bits per heavy atom. The van der Waals surface area contributed by atoms with Gasteiger partial charge in [-0.05, 0) is 30.3 Å². The van der Waals surface area contributed by atoms with Crippen molar-refractivity contribution in [1.29, 1.82) is 0 Å². The van der Waals surface area contributed by atoms with Gasteiger partial charge in [-0.1, -0.05) is 27.5 Å². The zero-order chi connectivity index (χ0) is 14.7. The van der Waals surface area contributed by atoms with E-state index in [0.717, 1.165) is 4.47 Å². The molecule has 0 aliphatic heterocycles. The highest BCUT2D eigenvalue weighted by Crippen LogP contribution is 2.26. The topological polar surface area (TPSA) is 64.3 Å². The second kappa shape index (κ2) is 6.15. The molecular formula is C14H12BrClN2O2. The van der Waals surface area contributed by atoms with Crippen molar-refractivity contribution in [2.24, 2.45) is 0 Å². The molecule has 2 rings (SSSR count). The van der Waals surface area contributed by atoms with Crippen molar-refractivity contribution >= 4 is 44.8 Å². The number of methoxy groups -OCH3 is 1. The lowest BCUT2D eigenvalue weighted by Crippen LogP contribution is -2.13. The lowest BCUT2D eigenvalue weighted by atomic mass is 10.2. The molecule has 0 heterocycles. The summed E-state index contributed by atoms with van der Waals surface area (Å²) >= 11 is 9.32. The molecule has 0 aliphatic carbocycles. The number of nitrogens with one attached hydrogen (secondary N) is 1. The molecule has 2 aromatic rings. The van der Waals surface area contributed by atoms with Gasteiger partial charge in [-0.2, -0.15) is 0 Å². The number of hydrogen-bond donors (Lipinski definition) is 2. The zero-order valence-corrected chi connectivity index (χ0v) is 13.0. The van der Waals surface area contributed by atoms with Crippen LogP contribution in [0.3, 0.4) is 0 Å². The fourth-order valence-electron chi connectivity index (χ4n) is 1.64. The van der Waals surface area contributed by atoms with Crippen molar-refractivity contribution in [3.05, 3.63) is 51.5 Å². The summed E-state index contributed by atoms with van der Waals surface area (Å²) in [6.45, 7) is 0. The zero-order valence-electron chi connectivity index (χ0n) is 10.6. The number of hydrogen-bond acceptors (Lipinski definition) is 3. The van der Waals surface area contributed by atoms with Crippen LogP contribution in [0.2, 0.25) is 5.02 Å². The van der Waals surface area contributed by atoms with Crippen LogP contribution in [-0.4, -0.2) is 13.0 Å². The van der Waals surface area contributed by atoms with Gasteiger partial charge >= 0.3 is 0 Å². The van der Waals surface area contributed by atoms with E-state index in [2.05, 4.69) is 21.2 Å². The first-order valence-electron chi connectivity index (χ1n) is 5.71. The molecule has 0 unspecified atom stereocenters. The average Bonchev–Trinajstić information content (AvgIpc) is 2.43. The fourth-order valence-corrected chi connectivity index (χ4v) is 2.21. The second-order valence-electron chi connectivity index (χ2n) is 4.03. The maximum absolute atomic E-state index is 12.2. The van der Waals surface area contributed by atoms with Crippen LogP contribution in [0.4, 0.5) is 11.4 Å². The number of halogens is 2. The largest absolute Gasteiger partial charge is 0.497 e. The molecule has 0 aromatic heterocycles. The molecule has 3 N–H and O–H groups in total. The fraction of sp³-hybridized carbons (Fsp3) is 0.0714. The lowest BCUT2D eigenvalue weighted by molar-refractivity contribution is 0.102. The van der Waals surface area contributed by atoms with Crippen molar-refractivity contribution in [3.8, 4) is 5.75 Å². The highest BCUT2D eigenvalue weighted by atomic mass is 79.9. The van der Waals surface area contributed by atoms with E-state index in [4.69, 9.17) is 22.1 Å². The SMILES string of the molecule is COc1ccc(NC(=O)c2cc(Br)ccc2Cl)c(N)c1. The minimum atomic E-state index is -0.326. The van der Waals surface area contributed by atoms with Crippen LogP contribution in [0.25, 0.3) is 0 Å². The van der Waals surface area contributed by atoms with Gasteiger partial charge in [0, 0.05) is 10.5 Å². The average molecular weight is 356 g/mol. The third kappa shape index (κ3) is 3.23. The highest BCUT2D eigenvalue weighted by molar-refractivity contribution is 9.10. The van der Waals surface area contributed by atoms with Gasteiger partial charge in [0.25, 0.3) is 5.91 Å². The van der Waals surface area contributed by atoms with Gasteiger partial charge in [-0.15, -0.1) is 0 Å². The second-order valence-corrected chi connectivity index (χ2v) is 5.35. The summed E-state index contributed by atoms with van der Waals surface area (Å²) in [7, 11) is 1.55. The Kier molecular flexibility index (Phi) is 4.52. The Morgan fingerprint density at radius 3 is 2.70 bits per heavy atom. The van der Waals surface area contributed by atoms with E-state index in [-0.39, 0.29) is 5.91 Å². The minimum Gasteiger partial charge on any atom is -0.497 e. The van der Waals surface area contributed by atoms with E-state index in [9.17, 15) is 4.79 Å². The molecule has 4 nitrogen and oxygen atoms in total. The summed E-state index contributed by atoms with van der Waals surface area (Å²) in [5, 5.41) is 3.09. The normalized spacial score (nSPS) is 10.2.